The molecule has 0 bridgehead atoms. The Hall–Kier alpha value is -1.10. The van der Waals surface area contributed by atoms with E-state index in [4.69, 9.17) is 10.8 Å². The third-order valence-corrected chi connectivity index (χ3v) is 2.86. The van der Waals surface area contributed by atoms with Crippen LogP contribution in [0, 0.1) is 0 Å². The number of rotatable bonds is 10. The number of carboxylic acid groups (broad SMARTS) is 1. The van der Waals surface area contributed by atoms with Gasteiger partial charge >= 0.3 is 5.97 Å². The number of hydrogen-bond donors (Lipinski definition) is 2. The molecule has 106 valence electrons. The van der Waals surface area contributed by atoms with E-state index in [1.54, 1.807) is 4.90 Å². The second-order valence-electron chi connectivity index (χ2n) is 4.57. The Balaban J connectivity index is 4.27. The van der Waals surface area contributed by atoms with Crippen LogP contribution < -0.4 is 5.73 Å². The molecule has 18 heavy (non-hydrogen) atoms. The quantitative estimate of drug-likeness (QED) is 0.623. The highest BCUT2D eigenvalue weighted by Crippen LogP contribution is 2.05. The van der Waals surface area contributed by atoms with Crippen molar-refractivity contribution in [3.8, 4) is 0 Å². The van der Waals surface area contributed by atoms with E-state index in [-0.39, 0.29) is 18.7 Å². The van der Waals surface area contributed by atoms with E-state index >= 15 is 0 Å². The maximum atomic E-state index is 12.1. The Bertz CT molecular complexity index is 249. The van der Waals surface area contributed by atoms with Crippen molar-refractivity contribution in [2.24, 2.45) is 5.73 Å². The Kier molecular flexibility index (Phi) is 9.28. The molecule has 1 amide bonds. The van der Waals surface area contributed by atoms with Gasteiger partial charge in [-0.25, -0.2) is 0 Å². The SMILES string of the molecule is CCCCN(CCCC)C(=O)[C@@H](N)CCC(=O)O. The molecule has 0 unspecified atom stereocenters. The van der Waals surface area contributed by atoms with E-state index in [1.807, 2.05) is 0 Å². The molecule has 5 heteroatoms. The Labute approximate surface area is 109 Å². The number of nitrogens with two attached hydrogens (primary N) is 1. The molecule has 0 aromatic carbocycles. The van der Waals surface area contributed by atoms with Crippen LogP contribution in [0.15, 0.2) is 0 Å². The number of nitrogens with zero attached hydrogens (tertiary/aromatic N) is 1. The fraction of sp³-hybridized carbons (Fsp3) is 0.846. The Morgan fingerprint density at radius 3 is 2.06 bits per heavy atom. The zero-order valence-corrected chi connectivity index (χ0v) is 11.5. The number of hydrogen-bond acceptors (Lipinski definition) is 3. The molecule has 0 fully saturated rings. The molecule has 0 aliphatic rings. The van der Waals surface area contributed by atoms with Gasteiger partial charge in [-0.15, -0.1) is 0 Å². The van der Waals surface area contributed by atoms with Crippen molar-refractivity contribution in [3.63, 3.8) is 0 Å². The van der Waals surface area contributed by atoms with Crippen molar-refractivity contribution < 1.29 is 14.7 Å². The topological polar surface area (TPSA) is 83.6 Å². The molecule has 5 nitrogen and oxygen atoms in total. The van der Waals surface area contributed by atoms with Crippen LogP contribution in [0.1, 0.15) is 52.4 Å². The predicted octanol–water partition coefficient (Wildman–Crippen LogP) is 1.61. The highest BCUT2D eigenvalue weighted by atomic mass is 16.4. The minimum atomic E-state index is -0.910. The van der Waals surface area contributed by atoms with Gasteiger partial charge in [-0.05, 0) is 19.3 Å². The number of carboxylic acids is 1. The number of carbonyl (C=O) groups is 2. The van der Waals surface area contributed by atoms with Gasteiger partial charge in [0.05, 0.1) is 6.04 Å². The lowest BCUT2D eigenvalue weighted by Crippen LogP contribution is -2.44. The average Bonchev–Trinajstić information content (AvgIpc) is 2.35. The summed E-state index contributed by atoms with van der Waals surface area (Å²) in [6.45, 7) is 5.59. The van der Waals surface area contributed by atoms with Gasteiger partial charge in [0.2, 0.25) is 5.91 Å². The molecule has 0 aliphatic carbocycles. The first-order chi connectivity index (χ1) is 8.52. The molecule has 0 saturated heterocycles. The first-order valence-corrected chi connectivity index (χ1v) is 6.79. The van der Waals surface area contributed by atoms with Gasteiger partial charge in [0, 0.05) is 19.5 Å². The zero-order chi connectivity index (χ0) is 14.0. The molecule has 0 rings (SSSR count). The van der Waals surface area contributed by atoms with Gasteiger partial charge in [0.1, 0.15) is 0 Å². The number of amides is 1. The summed E-state index contributed by atoms with van der Waals surface area (Å²) in [7, 11) is 0. The highest BCUT2D eigenvalue weighted by molar-refractivity contribution is 5.82. The number of carbonyl (C=O) groups excluding carboxylic acids is 1. The molecule has 0 aromatic heterocycles. The molecule has 0 heterocycles. The summed E-state index contributed by atoms with van der Waals surface area (Å²) >= 11 is 0. The van der Waals surface area contributed by atoms with Crippen LogP contribution in [0.5, 0.6) is 0 Å². The summed E-state index contributed by atoms with van der Waals surface area (Å²) in [6.07, 6.45) is 4.13. The van der Waals surface area contributed by atoms with Crippen molar-refractivity contribution in [1.29, 1.82) is 0 Å². The first-order valence-electron chi connectivity index (χ1n) is 6.79. The number of aliphatic carboxylic acids is 1. The fourth-order valence-corrected chi connectivity index (χ4v) is 1.67. The predicted molar refractivity (Wildman–Crippen MR) is 71.2 cm³/mol. The standard InChI is InChI=1S/C13H26N2O3/c1-3-5-9-15(10-6-4-2)13(18)11(14)7-8-12(16)17/h11H,3-10,14H2,1-2H3,(H,16,17)/t11-/m0/s1. The molecule has 1 atom stereocenters. The minimum Gasteiger partial charge on any atom is -0.481 e. The van der Waals surface area contributed by atoms with Crippen LogP contribution in [-0.2, 0) is 9.59 Å². The van der Waals surface area contributed by atoms with Gasteiger partial charge in [-0.2, -0.15) is 0 Å². The van der Waals surface area contributed by atoms with Crippen molar-refractivity contribution in [1.82, 2.24) is 4.90 Å². The molecule has 0 aromatic rings. The van der Waals surface area contributed by atoms with Crippen LogP contribution in [0.4, 0.5) is 0 Å². The van der Waals surface area contributed by atoms with Crippen LogP contribution in [0.25, 0.3) is 0 Å². The molecule has 3 N–H and O–H groups in total. The van der Waals surface area contributed by atoms with Gasteiger partial charge in [0.15, 0.2) is 0 Å². The number of unbranched alkanes of at least 4 members (excludes halogenated alkanes) is 2. The smallest absolute Gasteiger partial charge is 0.303 e. The second-order valence-corrected chi connectivity index (χ2v) is 4.57. The first kappa shape index (κ1) is 16.9. The largest absolute Gasteiger partial charge is 0.481 e. The maximum Gasteiger partial charge on any atom is 0.303 e. The highest BCUT2D eigenvalue weighted by Gasteiger charge is 2.20. The van der Waals surface area contributed by atoms with E-state index in [0.29, 0.717) is 0 Å². The summed E-state index contributed by atoms with van der Waals surface area (Å²) in [5.41, 5.74) is 5.76. The van der Waals surface area contributed by atoms with Gasteiger partial charge in [0.25, 0.3) is 0 Å². The summed E-state index contributed by atoms with van der Waals surface area (Å²) in [5, 5.41) is 8.59. The van der Waals surface area contributed by atoms with E-state index in [9.17, 15) is 9.59 Å². The Morgan fingerprint density at radius 2 is 1.67 bits per heavy atom. The normalized spacial score (nSPS) is 12.2. The molecule has 0 spiro atoms. The van der Waals surface area contributed by atoms with Crippen molar-refractivity contribution in [3.05, 3.63) is 0 Å². The van der Waals surface area contributed by atoms with Crippen molar-refractivity contribution in [2.75, 3.05) is 13.1 Å². The average molecular weight is 258 g/mol. The van der Waals surface area contributed by atoms with Crippen LogP contribution in [0.2, 0.25) is 0 Å². The third-order valence-electron chi connectivity index (χ3n) is 2.86. The van der Waals surface area contributed by atoms with E-state index < -0.39 is 12.0 Å². The van der Waals surface area contributed by atoms with Crippen LogP contribution in [-0.4, -0.2) is 41.0 Å². The zero-order valence-electron chi connectivity index (χ0n) is 11.5. The molecule has 0 aliphatic heterocycles. The molecular weight excluding hydrogens is 232 g/mol. The summed E-state index contributed by atoms with van der Waals surface area (Å²) in [5.74, 6) is -1.02. The summed E-state index contributed by atoms with van der Waals surface area (Å²) < 4.78 is 0. The van der Waals surface area contributed by atoms with E-state index in [1.165, 1.54) is 0 Å². The Morgan fingerprint density at radius 1 is 1.17 bits per heavy atom. The van der Waals surface area contributed by atoms with Gasteiger partial charge < -0.3 is 15.7 Å². The van der Waals surface area contributed by atoms with Crippen LogP contribution in [0.3, 0.4) is 0 Å². The summed E-state index contributed by atoms with van der Waals surface area (Å²) in [6, 6.07) is -0.685. The van der Waals surface area contributed by atoms with Crippen LogP contribution >= 0.6 is 0 Å². The molecular formula is C13H26N2O3. The fourth-order valence-electron chi connectivity index (χ4n) is 1.67. The van der Waals surface area contributed by atoms with Gasteiger partial charge in [-0.3, -0.25) is 9.59 Å². The lowest BCUT2D eigenvalue weighted by molar-refractivity contribution is -0.137. The van der Waals surface area contributed by atoms with E-state index in [0.717, 1.165) is 38.8 Å². The molecule has 0 saturated carbocycles. The van der Waals surface area contributed by atoms with Gasteiger partial charge in [-0.1, -0.05) is 26.7 Å². The summed E-state index contributed by atoms with van der Waals surface area (Å²) in [4.78, 5) is 24.3. The monoisotopic (exact) mass is 258 g/mol. The van der Waals surface area contributed by atoms with E-state index in [2.05, 4.69) is 13.8 Å². The lowest BCUT2D eigenvalue weighted by Gasteiger charge is -2.25. The maximum absolute atomic E-state index is 12.1. The second kappa shape index (κ2) is 9.88. The third kappa shape index (κ3) is 7.27. The van der Waals surface area contributed by atoms with Crippen molar-refractivity contribution >= 4 is 11.9 Å². The lowest BCUT2D eigenvalue weighted by atomic mass is 10.1. The molecule has 0 radical (unpaired) electrons. The minimum absolute atomic E-state index is 0.0533. The van der Waals surface area contributed by atoms with Crippen molar-refractivity contribution in [2.45, 2.75) is 58.4 Å².